The summed E-state index contributed by atoms with van der Waals surface area (Å²) in [6, 6.07) is 8.90. The van der Waals surface area contributed by atoms with Crippen molar-refractivity contribution in [3.63, 3.8) is 0 Å². The Morgan fingerprint density at radius 1 is 1.30 bits per heavy atom. The minimum absolute atomic E-state index is 0.0686. The first-order valence-electron chi connectivity index (χ1n) is 5.88. The van der Waals surface area contributed by atoms with Gasteiger partial charge in [-0.2, -0.15) is 0 Å². The van der Waals surface area contributed by atoms with Crippen LogP contribution in [0.1, 0.15) is 21.5 Å². The molecule has 5 heteroatoms. The molecule has 0 aliphatic heterocycles. The minimum Gasteiger partial charge on any atom is -0.486 e. The van der Waals surface area contributed by atoms with Crippen LogP contribution in [0.4, 0.5) is 4.39 Å². The molecule has 2 aromatic rings. The molecule has 0 bridgehead atoms. The molecule has 0 aromatic heterocycles. The summed E-state index contributed by atoms with van der Waals surface area (Å²) in [7, 11) is 0. The van der Waals surface area contributed by atoms with Gasteiger partial charge in [0.05, 0.1) is 5.56 Å². The Balaban J connectivity index is 2.15. The normalized spacial score (nSPS) is 10.3. The van der Waals surface area contributed by atoms with Gasteiger partial charge in [0.2, 0.25) is 0 Å². The summed E-state index contributed by atoms with van der Waals surface area (Å²) in [5, 5.41) is 9.11. The summed E-state index contributed by atoms with van der Waals surface area (Å²) in [6.45, 7) is 1.90. The maximum atomic E-state index is 13.5. The summed E-state index contributed by atoms with van der Waals surface area (Å²) in [6.07, 6.45) is 0. The monoisotopic (exact) mass is 294 g/mol. The van der Waals surface area contributed by atoms with E-state index in [0.717, 1.165) is 5.56 Å². The maximum Gasteiger partial charge on any atom is 0.335 e. The quantitative estimate of drug-likeness (QED) is 0.925. The lowest BCUT2D eigenvalue weighted by Crippen LogP contribution is -2.01. The fraction of sp³-hybridized carbons (Fsp3) is 0.133. The first kappa shape index (κ1) is 14.3. The van der Waals surface area contributed by atoms with E-state index in [1.807, 2.05) is 6.92 Å². The number of carboxylic acid groups (broad SMARTS) is 1. The number of aromatic carboxylic acids is 1. The van der Waals surface area contributed by atoms with Gasteiger partial charge in [-0.1, -0.05) is 23.7 Å². The molecule has 0 fully saturated rings. The van der Waals surface area contributed by atoms with Crippen molar-refractivity contribution in [1.29, 1.82) is 0 Å². The smallest absolute Gasteiger partial charge is 0.335 e. The second-order valence-corrected chi connectivity index (χ2v) is 4.74. The molecule has 2 aromatic carbocycles. The van der Waals surface area contributed by atoms with Crippen molar-refractivity contribution in [3.05, 3.63) is 63.9 Å². The van der Waals surface area contributed by atoms with E-state index in [9.17, 15) is 9.18 Å². The van der Waals surface area contributed by atoms with Crippen molar-refractivity contribution in [1.82, 2.24) is 0 Å². The van der Waals surface area contributed by atoms with Crippen molar-refractivity contribution in [2.24, 2.45) is 0 Å². The van der Waals surface area contributed by atoms with Gasteiger partial charge in [0.15, 0.2) is 11.6 Å². The molecule has 0 aliphatic rings. The van der Waals surface area contributed by atoms with Crippen LogP contribution >= 0.6 is 11.6 Å². The van der Waals surface area contributed by atoms with Crippen LogP contribution in [-0.2, 0) is 6.61 Å². The molecule has 0 unspecified atom stereocenters. The lowest BCUT2D eigenvalue weighted by molar-refractivity contribution is 0.0697. The third-order valence-corrected chi connectivity index (χ3v) is 3.12. The van der Waals surface area contributed by atoms with E-state index in [-0.39, 0.29) is 22.9 Å². The van der Waals surface area contributed by atoms with E-state index in [0.29, 0.717) is 5.56 Å². The lowest BCUT2D eigenvalue weighted by atomic mass is 10.1. The first-order valence-corrected chi connectivity index (χ1v) is 6.26. The van der Waals surface area contributed by atoms with Gasteiger partial charge in [0.1, 0.15) is 6.61 Å². The molecule has 0 atom stereocenters. The van der Waals surface area contributed by atoms with Gasteiger partial charge >= 0.3 is 5.97 Å². The molecule has 20 heavy (non-hydrogen) atoms. The topological polar surface area (TPSA) is 46.5 Å². The number of carbonyl (C=O) groups is 1. The van der Waals surface area contributed by atoms with Crippen molar-refractivity contribution in [2.45, 2.75) is 13.5 Å². The summed E-state index contributed by atoms with van der Waals surface area (Å²) in [5.74, 6) is -1.36. The zero-order valence-electron chi connectivity index (χ0n) is 10.7. The van der Waals surface area contributed by atoms with Gasteiger partial charge in [-0.25, -0.2) is 9.18 Å². The largest absolute Gasteiger partial charge is 0.486 e. The number of aryl methyl sites for hydroxylation is 1. The lowest BCUT2D eigenvalue weighted by Gasteiger charge is -2.09. The highest BCUT2D eigenvalue weighted by molar-refractivity contribution is 6.31. The summed E-state index contributed by atoms with van der Waals surface area (Å²) < 4.78 is 18.9. The minimum atomic E-state index is -1.05. The zero-order chi connectivity index (χ0) is 14.7. The highest BCUT2D eigenvalue weighted by Gasteiger charge is 2.09. The molecule has 3 nitrogen and oxygen atoms in total. The summed E-state index contributed by atoms with van der Waals surface area (Å²) in [5.41, 5.74) is 1.58. The molecule has 0 saturated carbocycles. The van der Waals surface area contributed by atoms with Crippen molar-refractivity contribution in [3.8, 4) is 5.75 Å². The second kappa shape index (κ2) is 5.92. The van der Waals surface area contributed by atoms with E-state index in [1.165, 1.54) is 18.2 Å². The Kier molecular flexibility index (Phi) is 4.25. The van der Waals surface area contributed by atoms with Crippen LogP contribution in [0, 0.1) is 12.7 Å². The fourth-order valence-electron chi connectivity index (χ4n) is 1.67. The predicted molar refractivity (Wildman–Crippen MR) is 73.9 cm³/mol. The van der Waals surface area contributed by atoms with E-state index in [1.54, 1.807) is 18.2 Å². The van der Waals surface area contributed by atoms with Crippen LogP contribution in [0.15, 0.2) is 36.4 Å². The van der Waals surface area contributed by atoms with Crippen molar-refractivity contribution < 1.29 is 19.0 Å². The van der Waals surface area contributed by atoms with Crippen LogP contribution in [0.3, 0.4) is 0 Å². The molecule has 104 valence electrons. The second-order valence-electron chi connectivity index (χ2n) is 4.33. The van der Waals surface area contributed by atoms with E-state index < -0.39 is 11.8 Å². The summed E-state index contributed by atoms with van der Waals surface area (Å²) in [4.78, 5) is 10.8. The molecule has 0 spiro atoms. The van der Waals surface area contributed by atoms with E-state index >= 15 is 0 Å². The van der Waals surface area contributed by atoms with Crippen LogP contribution in [-0.4, -0.2) is 11.1 Å². The Morgan fingerprint density at radius 3 is 2.70 bits per heavy atom. The van der Waals surface area contributed by atoms with E-state index in [2.05, 4.69) is 0 Å². The number of rotatable bonds is 4. The molecule has 0 saturated heterocycles. The average Bonchev–Trinajstić information content (AvgIpc) is 2.40. The van der Waals surface area contributed by atoms with Crippen molar-refractivity contribution in [2.75, 3.05) is 0 Å². The Bertz CT molecular complexity index is 656. The number of hydrogen-bond donors (Lipinski definition) is 1. The van der Waals surface area contributed by atoms with Gasteiger partial charge in [-0.15, -0.1) is 0 Å². The van der Waals surface area contributed by atoms with Crippen LogP contribution in [0.5, 0.6) is 5.75 Å². The summed E-state index contributed by atoms with van der Waals surface area (Å²) >= 11 is 5.97. The standard InChI is InChI=1S/C15H12ClFO3/c1-9-2-5-13(17)14(6-9)20-8-11-4-3-10(15(18)19)7-12(11)16/h2-7H,8H2,1H3,(H,18,19). The molecule has 0 radical (unpaired) electrons. The third kappa shape index (κ3) is 3.27. The Labute approximate surface area is 120 Å². The molecular formula is C15H12ClFO3. The number of carboxylic acids is 1. The molecular weight excluding hydrogens is 283 g/mol. The molecule has 2 rings (SSSR count). The number of benzene rings is 2. The van der Waals surface area contributed by atoms with Gasteiger partial charge < -0.3 is 9.84 Å². The number of ether oxygens (including phenoxy) is 1. The maximum absolute atomic E-state index is 13.5. The molecule has 0 heterocycles. The Morgan fingerprint density at radius 2 is 2.05 bits per heavy atom. The van der Waals surface area contributed by atoms with E-state index in [4.69, 9.17) is 21.4 Å². The molecule has 0 amide bonds. The van der Waals surface area contributed by atoms with Gasteiger partial charge in [0, 0.05) is 10.6 Å². The molecule has 0 aliphatic carbocycles. The average molecular weight is 295 g/mol. The first-order chi connectivity index (χ1) is 9.47. The molecule has 1 N–H and O–H groups in total. The van der Waals surface area contributed by atoms with Gasteiger partial charge in [-0.3, -0.25) is 0 Å². The van der Waals surface area contributed by atoms with Crippen molar-refractivity contribution >= 4 is 17.6 Å². The fourth-order valence-corrected chi connectivity index (χ4v) is 1.91. The van der Waals surface area contributed by atoms with Crippen LogP contribution in [0.25, 0.3) is 0 Å². The van der Waals surface area contributed by atoms with Gasteiger partial charge in [0.25, 0.3) is 0 Å². The van der Waals surface area contributed by atoms with Crippen LogP contribution < -0.4 is 4.74 Å². The highest BCUT2D eigenvalue weighted by atomic mass is 35.5. The van der Waals surface area contributed by atoms with Crippen LogP contribution in [0.2, 0.25) is 5.02 Å². The number of hydrogen-bond acceptors (Lipinski definition) is 2. The third-order valence-electron chi connectivity index (χ3n) is 2.77. The number of halogens is 2. The SMILES string of the molecule is Cc1ccc(F)c(OCc2ccc(C(=O)O)cc2Cl)c1. The Hall–Kier alpha value is -2.07. The zero-order valence-corrected chi connectivity index (χ0v) is 11.4. The van der Waals surface area contributed by atoms with Gasteiger partial charge in [-0.05, 0) is 36.8 Å². The highest BCUT2D eigenvalue weighted by Crippen LogP contribution is 2.23. The predicted octanol–water partition coefficient (Wildman–Crippen LogP) is 4.06.